The van der Waals surface area contributed by atoms with Crippen molar-refractivity contribution < 1.29 is 14.3 Å². The number of carbonyl (C=O) groups excluding carboxylic acids is 1. The number of nitrogens with one attached hydrogen (secondary N) is 2. The first kappa shape index (κ1) is 15.7. The molecule has 25 heavy (non-hydrogen) atoms. The highest BCUT2D eigenvalue weighted by molar-refractivity contribution is 6.06. The molecule has 1 saturated heterocycles. The van der Waals surface area contributed by atoms with Crippen molar-refractivity contribution in [2.24, 2.45) is 0 Å². The number of ether oxygens (including phenoxy) is 2. The number of rotatable bonds is 4. The van der Waals surface area contributed by atoms with Gasteiger partial charge < -0.3 is 19.8 Å². The summed E-state index contributed by atoms with van der Waals surface area (Å²) in [6.07, 6.45) is 3.91. The fourth-order valence-electron chi connectivity index (χ4n) is 3.00. The molecule has 0 atom stereocenters. The lowest BCUT2D eigenvalue weighted by Gasteiger charge is -2.23. The molecule has 1 fully saturated rings. The highest BCUT2D eigenvalue weighted by Crippen LogP contribution is 2.21. The van der Waals surface area contributed by atoms with Gasteiger partial charge in [-0.15, -0.1) is 0 Å². The van der Waals surface area contributed by atoms with Crippen molar-refractivity contribution in [2.45, 2.75) is 18.9 Å². The van der Waals surface area contributed by atoms with E-state index in [1.54, 1.807) is 0 Å². The Balaban J connectivity index is 1.40. The molecule has 0 bridgehead atoms. The Labute approximate surface area is 146 Å². The summed E-state index contributed by atoms with van der Waals surface area (Å²) in [5, 5.41) is 4.01. The highest BCUT2D eigenvalue weighted by Gasteiger charge is 2.15. The number of benzene rings is 2. The lowest BCUT2D eigenvalue weighted by atomic mass is 10.1. The van der Waals surface area contributed by atoms with Gasteiger partial charge in [-0.2, -0.15) is 0 Å². The van der Waals surface area contributed by atoms with Crippen molar-refractivity contribution in [3.63, 3.8) is 0 Å². The molecule has 2 aromatic carbocycles. The van der Waals surface area contributed by atoms with Gasteiger partial charge in [-0.3, -0.25) is 4.79 Å². The number of amides is 1. The van der Waals surface area contributed by atoms with E-state index in [0.717, 1.165) is 48.4 Å². The molecule has 0 spiro atoms. The highest BCUT2D eigenvalue weighted by atomic mass is 16.5. The van der Waals surface area contributed by atoms with Gasteiger partial charge >= 0.3 is 0 Å². The van der Waals surface area contributed by atoms with Gasteiger partial charge in [0.05, 0.1) is 13.2 Å². The Morgan fingerprint density at radius 1 is 1.08 bits per heavy atom. The molecule has 1 aliphatic heterocycles. The van der Waals surface area contributed by atoms with E-state index >= 15 is 0 Å². The van der Waals surface area contributed by atoms with Crippen LogP contribution in [-0.2, 0) is 4.74 Å². The average molecular weight is 336 g/mol. The van der Waals surface area contributed by atoms with Gasteiger partial charge in [0, 0.05) is 35.8 Å². The van der Waals surface area contributed by atoms with E-state index in [9.17, 15) is 4.79 Å². The van der Waals surface area contributed by atoms with Crippen LogP contribution >= 0.6 is 0 Å². The third-order valence-corrected chi connectivity index (χ3v) is 4.40. The number of aromatic amines is 1. The van der Waals surface area contributed by atoms with Crippen LogP contribution in [0.2, 0.25) is 0 Å². The quantitative estimate of drug-likeness (QED) is 0.757. The molecule has 0 aliphatic carbocycles. The molecule has 5 heteroatoms. The maximum absolute atomic E-state index is 12.4. The summed E-state index contributed by atoms with van der Waals surface area (Å²) in [5.74, 6) is 0.687. The van der Waals surface area contributed by atoms with Crippen molar-refractivity contribution in [1.29, 1.82) is 0 Å². The second kappa shape index (κ2) is 6.99. The summed E-state index contributed by atoms with van der Waals surface area (Å²) in [4.78, 5) is 15.5. The lowest BCUT2D eigenvalue weighted by molar-refractivity contribution is 0.0256. The lowest BCUT2D eigenvalue weighted by Crippen LogP contribution is -2.25. The number of hydrogen-bond acceptors (Lipinski definition) is 3. The Bertz CT molecular complexity index is 864. The zero-order valence-corrected chi connectivity index (χ0v) is 13.8. The standard InChI is InChI=1S/C20H20N2O3/c23-20(15-2-1-14-7-10-21-19(14)13-15)22-16-3-5-17(6-4-16)25-18-8-11-24-12-9-18/h1-7,10,13,18,21H,8-9,11-12H2,(H,22,23). The number of carbonyl (C=O) groups is 1. The minimum absolute atomic E-state index is 0.130. The molecule has 3 aromatic rings. The Morgan fingerprint density at radius 3 is 2.68 bits per heavy atom. The van der Waals surface area contributed by atoms with Crippen LogP contribution in [0.4, 0.5) is 5.69 Å². The van der Waals surface area contributed by atoms with Crippen LogP contribution in [0.1, 0.15) is 23.2 Å². The minimum atomic E-state index is -0.130. The van der Waals surface area contributed by atoms with E-state index in [1.807, 2.05) is 54.7 Å². The van der Waals surface area contributed by atoms with E-state index in [4.69, 9.17) is 9.47 Å². The van der Waals surface area contributed by atoms with E-state index < -0.39 is 0 Å². The fourth-order valence-corrected chi connectivity index (χ4v) is 3.00. The number of H-pyrrole nitrogens is 1. The zero-order valence-electron chi connectivity index (χ0n) is 13.8. The second-order valence-corrected chi connectivity index (χ2v) is 6.19. The van der Waals surface area contributed by atoms with Crippen molar-refractivity contribution in [2.75, 3.05) is 18.5 Å². The number of fused-ring (bicyclic) bond motifs is 1. The van der Waals surface area contributed by atoms with Crippen LogP contribution in [0.25, 0.3) is 10.9 Å². The average Bonchev–Trinajstić information content (AvgIpc) is 3.12. The Kier molecular flexibility index (Phi) is 4.39. The van der Waals surface area contributed by atoms with Gasteiger partial charge in [-0.05, 0) is 47.9 Å². The van der Waals surface area contributed by atoms with Crippen LogP contribution < -0.4 is 10.1 Å². The molecule has 0 radical (unpaired) electrons. The van der Waals surface area contributed by atoms with Crippen LogP contribution in [0.15, 0.2) is 54.7 Å². The molecule has 1 aromatic heterocycles. The van der Waals surface area contributed by atoms with Crippen molar-refractivity contribution in [1.82, 2.24) is 4.98 Å². The summed E-state index contributed by atoms with van der Waals surface area (Å²) in [6.45, 7) is 1.51. The van der Waals surface area contributed by atoms with Crippen molar-refractivity contribution in [3.05, 3.63) is 60.3 Å². The smallest absolute Gasteiger partial charge is 0.255 e. The third-order valence-electron chi connectivity index (χ3n) is 4.40. The van der Waals surface area contributed by atoms with Gasteiger partial charge in [-0.1, -0.05) is 6.07 Å². The molecule has 2 heterocycles. The summed E-state index contributed by atoms with van der Waals surface area (Å²) in [6, 6.07) is 15.1. The van der Waals surface area contributed by atoms with E-state index in [-0.39, 0.29) is 12.0 Å². The molecule has 0 saturated carbocycles. The monoisotopic (exact) mass is 336 g/mol. The predicted octanol–water partition coefficient (Wildman–Crippen LogP) is 3.98. The van der Waals surface area contributed by atoms with Crippen molar-refractivity contribution >= 4 is 22.5 Å². The predicted molar refractivity (Wildman–Crippen MR) is 97.2 cm³/mol. The minimum Gasteiger partial charge on any atom is -0.490 e. The molecule has 1 amide bonds. The summed E-state index contributed by atoms with van der Waals surface area (Å²) >= 11 is 0. The normalized spacial score (nSPS) is 15.2. The summed E-state index contributed by atoms with van der Waals surface area (Å²) in [7, 11) is 0. The van der Waals surface area contributed by atoms with Gasteiger partial charge in [0.15, 0.2) is 0 Å². The molecule has 128 valence electrons. The summed E-state index contributed by atoms with van der Waals surface area (Å²) < 4.78 is 11.3. The molecular weight excluding hydrogens is 316 g/mol. The largest absolute Gasteiger partial charge is 0.490 e. The second-order valence-electron chi connectivity index (χ2n) is 6.19. The molecule has 5 nitrogen and oxygen atoms in total. The van der Waals surface area contributed by atoms with Crippen LogP contribution in [-0.4, -0.2) is 30.2 Å². The van der Waals surface area contributed by atoms with Gasteiger partial charge in [0.25, 0.3) is 5.91 Å². The molecular formula is C20H20N2O3. The van der Waals surface area contributed by atoms with Crippen LogP contribution in [0, 0.1) is 0 Å². The molecule has 1 aliphatic rings. The van der Waals surface area contributed by atoms with Gasteiger partial charge in [0.1, 0.15) is 11.9 Å². The van der Waals surface area contributed by atoms with Gasteiger partial charge in [-0.25, -0.2) is 0 Å². The van der Waals surface area contributed by atoms with Crippen LogP contribution in [0.5, 0.6) is 5.75 Å². The van der Waals surface area contributed by atoms with Gasteiger partial charge in [0.2, 0.25) is 0 Å². The SMILES string of the molecule is O=C(Nc1ccc(OC2CCOCC2)cc1)c1ccc2cc[nH]c2c1. The molecule has 2 N–H and O–H groups in total. The molecule has 4 rings (SSSR count). The Morgan fingerprint density at radius 2 is 1.88 bits per heavy atom. The maximum atomic E-state index is 12.4. The first-order chi connectivity index (χ1) is 12.3. The Hall–Kier alpha value is -2.79. The van der Waals surface area contributed by atoms with Crippen molar-refractivity contribution in [3.8, 4) is 5.75 Å². The number of hydrogen-bond donors (Lipinski definition) is 2. The number of aromatic nitrogens is 1. The van der Waals surface area contributed by atoms with E-state index in [2.05, 4.69) is 10.3 Å². The molecule has 0 unspecified atom stereocenters. The maximum Gasteiger partial charge on any atom is 0.255 e. The topological polar surface area (TPSA) is 63.4 Å². The fraction of sp³-hybridized carbons (Fsp3) is 0.250. The first-order valence-electron chi connectivity index (χ1n) is 8.51. The van der Waals surface area contributed by atoms with E-state index in [1.165, 1.54) is 0 Å². The third kappa shape index (κ3) is 3.67. The van der Waals surface area contributed by atoms with Crippen LogP contribution in [0.3, 0.4) is 0 Å². The summed E-state index contributed by atoms with van der Waals surface area (Å²) in [5.41, 5.74) is 2.32. The van der Waals surface area contributed by atoms with E-state index in [0.29, 0.717) is 5.56 Å². The first-order valence-corrected chi connectivity index (χ1v) is 8.51. The number of anilines is 1. The zero-order chi connectivity index (χ0) is 17.1.